The van der Waals surface area contributed by atoms with Gasteiger partial charge >= 0.3 is 0 Å². The average molecular weight is 299 g/mol. The number of fused-ring (bicyclic) bond motifs is 1. The normalized spacial score (nSPS) is 11.5. The second-order valence-corrected chi connectivity index (χ2v) is 6.06. The third-order valence-electron chi connectivity index (χ3n) is 3.63. The van der Waals surface area contributed by atoms with Crippen LogP contribution in [-0.4, -0.2) is 11.3 Å². The molecule has 0 aromatic heterocycles. The number of nitrogens with zero attached hydrogens (tertiary/aromatic N) is 1. The lowest BCUT2D eigenvalue weighted by Gasteiger charge is -2.04. The highest BCUT2D eigenvalue weighted by molar-refractivity contribution is 7.80. The van der Waals surface area contributed by atoms with Crippen molar-refractivity contribution in [3.8, 4) is 11.1 Å². The molecule has 0 radical (unpaired) electrons. The van der Waals surface area contributed by atoms with Crippen molar-refractivity contribution in [3.05, 3.63) is 46.5 Å². The Morgan fingerprint density at radius 3 is 2.57 bits per heavy atom. The van der Waals surface area contributed by atoms with E-state index in [9.17, 15) is 0 Å². The minimum absolute atomic E-state index is 0.170. The van der Waals surface area contributed by atoms with Gasteiger partial charge < -0.3 is 5.73 Å². The highest BCUT2D eigenvalue weighted by Gasteiger charge is 2.15. The maximum atomic E-state index is 5.38. The summed E-state index contributed by atoms with van der Waals surface area (Å²) in [4.78, 5) is 0. The third kappa shape index (κ3) is 3.39. The largest absolute Gasteiger partial charge is 0.375 e. The molecule has 2 aliphatic rings. The summed E-state index contributed by atoms with van der Waals surface area (Å²) in [7, 11) is 0. The van der Waals surface area contributed by atoms with Crippen LogP contribution in [0.5, 0.6) is 0 Å². The van der Waals surface area contributed by atoms with Gasteiger partial charge in [-0.3, -0.25) is 5.43 Å². The minimum Gasteiger partial charge on any atom is -0.375 e. The van der Waals surface area contributed by atoms with Crippen LogP contribution in [0.15, 0.2) is 29.4 Å². The number of nitrogens with two attached hydrogens (primary N) is 1. The van der Waals surface area contributed by atoms with E-state index < -0.39 is 0 Å². The van der Waals surface area contributed by atoms with E-state index in [0.29, 0.717) is 5.92 Å². The highest BCUT2D eigenvalue weighted by atomic mass is 32.1. The topological polar surface area (TPSA) is 50.4 Å². The van der Waals surface area contributed by atoms with E-state index in [4.69, 9.17) is 18.0 Å². The molecule has 0 aromatic rings. The van der Waals surface area contributed by atoms with Crippen LogP contribution in [0, 0.1) is 13.8 Å². The molecule has 2 aliphatic carbocycles. The molecule has 0 saturated heterocycles. The molecule has 0 bridgehead atoms. The van der Waals surface area contributed by atoms with E-state index in [2.05, 4.69) is 62.5 Å². The molecular weight excluding hydrogens is 278 g/mol. The van der Waals surface area contributed by atoms with Crippen LogP contribution in [0.1, 0.15) is 42.0 Å². The fourth-order valence-electron chi connectivity index (χ4n) is 2.51. The number of aryl methyl sites for hydroxylation is 2. The van der Waals surface area contributed by atoms with Gasteiger partial charge in [-0.15, -0.1) is 0 Å². The third-order valence-corrected chi connectivity index (χ3v) is 3.72. The van der Waals surface area contributed by atoms with Crippen molar-refractivity contribution in [2.24, 2.45) is 10.8 Å². The van der Waals surface area contributed by atoms with Gasteiger partial charge in [-0.1, -0.05) is 32.0 Å². The molecule has 4 heteroatoms. The lowest BCUT2D eigenvalue weighted by atomic mass is 10.0. The van der Waals surface area contributed by atoms with Crippen molar-refractivity contribution in [2.45, 2.75) is 33.6 Å². The lowest BCUT2D eigenvalue weighted by Crippen LogP contribution is -2.23. The van der Waals surface area contributed by atoms with Crippen molar-refractivity contribution in [1.82, 2.24) is 5.43 Å². The maximum absolute atomic E-state index is 5.38. The molecule has 0 aromatic carbocycles. The second-order valence-electron chi connectivity index (χ2n) is 5.62. The van der Waals surface area contributed by atoms with E-state index in [0.717, 1.165) is 5.56 Å². The van der Waals surface area contributed by atoms with E-state index in [1.807, 2.05) is 0 Å². The van der Waals surface area contributed by atoms with E-state index in [1.165, 1.54) is 27.8 Å². The predicted molar refractivity (Wildman–Crippen MR) is 94.1 cm³/mol. The summed E-state index contributed by atoms with van der Waals surface area (Å²) in [6, 6.07) is 8.80. The van der Waals surface area contributed by atoms with Crippen molar-refractivity contribution >= 4 is 23.5 Å². The first kappa shape index (κ1) is 15.4. The highest BCUT2D eigenvalue weighted by Crippen LogP contribution is 2.35. The summed E-state index contributed by atoms with van der Waals surface area (Å²) in [5.74, 6) is 0.502. The van der Waals surface area contributed by atoms with Crippen molar-refractivity contribution in [1.29, 1.82) is 0 Å². The average Bonchev–Trinajstić information content (AvgIpc) is 2.58. The fraction of sp³-hybridized carbons (Fsp3) is 0.294. The molecule has 0 saturated carbocycles. The molecule has 0 unspecified atom stereocenters. The molecule has 0 fully saturated rings. The predicted octanol–water partition coefficient (Wildman–Crippen LogP) is 3.70. The summed E-state index contributed by atoms with van der Waals surface area (Å²) in [6.07, 6.45) is 1.77. The van der Waals surface area contributed by atoms with Gasteiger partial charge in [0.15, 0.2) is 5.11 Å². The van der Waals surface area contributed by atoms with Crippen molar-refractivity contribution in [3.63, 3.8) is 0 Å². The molecule has 2 rings (SSSR count). The van der Waals surface area contributed by atoms with E-state index in [-0.39, 0.29) is 5.11 Å². The number of thiocarbonyl (C=S) groups is 1. The SMILES string of the molecule is Cc1cc(C=NNC(N)=S)c2c(C)ccc(C(C)C)cc1-2. The van der Waals surface area contributed by atoms with Crippen LogP contribution < -0.4 is 11.2 Å². The summed E-state index contributed by atoms with van der Waals surface area (Å²) in [5.41, 5.74) is 15.4. The molecule has 0 atom stereocenters. The zero-order valence-electron chi connectivity index (χ0n) is 12.9. The van der Waals surface area contributed by atoms with Gasteiger partial charge in [0.2, 0.25) is 0 Å². The molecule has 0 amide bonds. The summed E-state index contributed by atoms with van der Waals surface area (Å²) >= 11 is 4.75. The Kier molecular flexibility index (Phi) is 4.58. The van der Waals surface area contributed by atoms with Crippen LogP contribution in [0.2, 0.25) is 0 Å². The number of hydrazone groups is 1. The van der Waals surface area contributed by atoms with Crippen LogP contribution in [0.4, 0.5) is 0 Å². The number of hydrogen-bond donors (Lipinski definition) is 2. The van der Waals surface area contributed by atoms with Gasteiger partial charge in [-0.2, -0.15) is 5.10 Å². The first-order valence-corrected chi connectivity index (χ1v) is 7.43. The molecule has 0 spiro atoms. The molecule has 0 heterocycles. The Bertz CT molecular complexity index is 674. The van der Waals surface area contributed by atoms with Gasteiger partial charge in [0.25, 0.3) is 0 Å². The van der Waals surface area contributed by atoms with Crippen LogP contribution in [0.25, 0.3) is 11.1 Å². The Hall–Kier alpha value is -1.94. The van der Waals surface area contributed by atoms with Gasteiger partial charge in [0.1, 0.15) is 0 Å². The Labute approximate surface area is 131 Å². The summed E-state index contributed by atoms with van der Waals surface area (Å²) < 4.78 is 0. The Balaban J connectivity index is 2.54. The first-order chi connectivity index (χ1) is 9.90. The standard InChI is InChI=1S/C17H21N3S/c1-10(2)13-6-5-11(3)16-14(9-19-20-17(18)21)7-12(4)15(16)8-13/h5-10H,1-4H3,(H3,18,20,21). The zero-order valence-corrected chi connectivity index (χ0v) is 13.7. The van der Waals surface area contributed by atoms with Gasteiger partial charge in [-0.25, -0.2) is 0 Å². The van der Waals surface area contributed by atoms with Crippen molar-refractivity contribution in [2.75, 3.05) is 0 Å². The van der Waals surface area contributed by atoms with E-state index >= 15 is 0 Å². The van der Waals surface area contributed by atoms with Crippen LogP contribution in [0.3, 0.4) is 0 Å². The first-order valence-electron chi connectivity index (χ1n) is 7.02. The van der Waals surface area contributed by atoms with Crippen molar-refractivity contribution < 1.29 is 0 Å². The smallest absolute Gasteiger partial charge is 0.184 e. The molecule has 3 nitrogen and oxygen atoms in total. The molecule has 110 valence electrons. The quantitative estimate of drug-likeness (QED) is 0.516. The number of nitrogens with one attached hydrogen (secondary N) is 1. The minimum atomic E-state index is 0.170. The summed E-state index contributed by atoms with van der Waals surface area (Å²) in [6.45, 7) is 8.68. The van der Waals surface area contributed by atoms with E-state index in [1.54, 1.807) is 6.21 Å². The lowest BCUT2D eigenvalue weighted by molar-refractivity contribution is 0.868. The van der Waals surface area contributed by atoms with Crippen LogP contribution >= 0.6 is 12.2 Å². The molecule has 21 heavy (non-hydrogen) atoms. The van der Waals surface area contributed by atoms with Gasteiger partial charge in [0, 0.05) is 5.56 Å². The number of hydrogen-bond acceptors (Lipinski definition) is 2. The van der Waals surface area contributed by atoms with Crippen LogP contribution in [-0.2, 0) is 0 Å². The monoisotopic (exact) mass is 299 g/mol. The Morgan fingerprint density at radius 2 is 1.95 bits per heavy atom. The Morgan fingerprint density at radius 1 is 1.24 bits per heavy atom. The fourth-order valence-corrected chi connectivity index (χ4v) is 2.56. The number of rotatable bonds is 3. The summed E-state index contributed by atoms with van der Waals surface area (Å²) in [5, 5.41) is 4.25. The van der Waals surface area contributed by atoms with Gasteiger partial charge in [0.05, 0.1) is 6.21 Å². The molecule has 3 N–H and O–H groups in total. The maximum Gasteiger partial charge on any atom is 0.184 e. The zero-order chi connectivity index (χ0) is 15.6. The van der Waals surface area contributed by atoms with Gasteiger partial charge in [-0.05, 0) is 65.9 Å². The molecular formula is C17H21N3S. The molecule has 0 aliphatic heterocycles. The second kappa shape index (κ2) is 6.22.